The van der Waals surface area contributed by atoms with Crippen molar-refractivity contribution >= 4 is 22.9 Å². The minimum absolute atomic E-state index is 0.0529. The number of benzene rings is 1. The first-order chi connectivity index (χ1) is 8.99. The Morgan fingerprint density at radius 1 is 1.42 bits per heavy atom. The van der Waals surface area contributed by atoms with Crippen LogP contribution in [0.4, 0.5) is 5.69 Å². The Labute approximate surface area is 118 Å². The van der Waals surface area contributed by atoms with Crippen molar-refractivity contribution in [3.8, 4) is 0 Å². The number of nitrogens with two attached hydrogens (primary N) is 1. The fourth-order valence-electron chi connectivity index (χ4n) is 1.92. The minimum atomic E-state index is -0.0529. The average molecular weight is 275 g/mol. The first kappa shape index (κ1) is 13.5. The maximum absolute atomic E-state index is 5.75. The highest BCUT2D eigenvalue weighted by molar-refractivity contribution is 7.80. The molecule has 1 aromatic heterocycles. The Balaban J connectivity index is 2.30. The van der Waals surface area contributed by atoms with Crippen LogP contribution in [-0.4, -0.2) is 9.97 Å². The van der Waals surface area contributed by atoms with Crippen LogP contribution in [0.1, 0.15) is 35.7 Å². The van der Waals surface area contributed by atoms with Crippen molar-refractivity contribution in [2.75, 3.05) is 5.32 Å². The van der Waals surface area contributed by atoms with Crippen LogP contribution in [-0.2, 0) is 0 Å². The molecule has 1 heterocycles. The fourth-order valence-corrected chi connectivity index (χ4v) is 2.09. The van der Waals surface area contributed by atoms with Crippen molar-refractivity contribution in [3.63, 3.8) is 0 Å². The molecule has 2 aromatic rings. The van der Waals surface area contributed by atoms with Gasteiger partial charge in [-0.05, 0) is 32.4 Å². The highest BCUT2D eigenvalue weighted by atomic mass is 32.1. The van der Waals surface area contributed by atoms with Crippen molar-refractivity contribution in [2.45, 2.75) is 26.8 Å². The molecule has 1 aromatic carbocycles. The lowest BCUT2D eigenvalue weighted by Gasteiger charge is -2.17. The molecule has 0 saturated carbocycles. The lowest BCUT2D eigenvalue weighted by molar-refractivity contribution is 0.453. The molecule has 0 aliphatic heterocycles. The molecular formula is C14H17N3OS. The number of para-hydroxylation sites is 1. The zero-order chi connectivity index (χ0) is 14.0. The summed E-state index contributed by atoms with van der Waals surface area (Å²) in [7, 11) is 0. The van der Waals surface area contributed by atoms with Crippen molar-refractivity contribution < 1.29 is 4.42 Å². The molecule has 1 unspecified atom stereocenters. The number of nitrogens with one attached hydrogen (secondary N) is 1. The number of thiocarbonyl (C=S) groups is 1. The lowest BCUT2D eigenvalue weighted by Crippen LogP contribution is -2.16. The Bertz CT molecular complexity index is 606. The normalized spacial score (nSPS) is 12.2. The summed E-state index contributed by atoms with van der Waals surface area (Å²) >= 11 is 5.08. The van der Waals surface area contributed by atoms with Crippen LogP contribution in [0.25, 0.3) is 0 Å². The number of hydrogen-bond donors (Lipinski definition) is 2. The van der Waals surface area contributed by atoms with Crippen molar-refractivity contribution in [2.24, 2.45) is 5.73 Å². The summed E-state index contributed by atoms with van der Waals surface area (Å²) in [4.78, 5) is 4.60. The van der Waals surface area contributed by atoms with Crippen molar-refractivity contribution in [1.29, 1.82) is 0 Å². The topological polar surface area (TPSA) is 64.1 Å². The van der Waals surface area contributed by atoms with Crippen LogP contribution >= 0.6 is 12.2 Å². The average Bonchev–Trinajstić information content (AvgIpc) is 2.78. The Kier molecular flexibility index (Phi) is 3.85. The van der Waals surface area contributed by atoms with E-state index >= 15 is 0 Å². The summed E-state index contributed by atoms with van der Waals surface area (Å²) in [6.07, 6.45) is 1.71. The number of hydrogen-bond acceptors (Lipinski definition) is 4. The minimum Gasteiger partial charge on any atom is -0.444 e. The van der Waals surface area contributed by atoms with Crippen LogP contribution in [0.3, 0.4) is 0 Å². The summed E-state index contributed by atoms with van der Waals surface area (Å²) in [6, 6.07) is 5.81. The summed E-state index contributed by atoms with van der Waals surface area (Å²) < 4.78 is 5.52. The predicted octanol–water partition coefficient (Wildman–Crippen LogP) is 3.10. The van der Waals surface area contributed by atoms with Gasteiger partial charge in [0, 0.05) is 11.3 Å². The largest absolute Gasteiger partial charge is 0.444 e. The van der Waals surface area contributed by atoms with Crippen LogP contribution in [0.5, 0.6) is 0 Å². The first-order valence-corrected chi connectivity index (χ1v) is 6.48. The number of oxazole rings is 1. The van der Waals surface area contributed by atoms with E-state index in [1.165, 1.54) is 0 Å². The zero-order valence-electron chi connectivity index (χ0n) is 11.2. The van der Waals surface area contributed by atoms with E-state index in [1.807, 2.05) is 39.0 Å². The van der Waals surface area contributed by atoms with Crippen molar-refractivity contribution in [3.05, 3.63) is 47.2 Å². The lowest BCUT2D eigenvalue weighted by atomic mass is 10.1. The van der Waals surface area contributed by atoms with Gasteiger partial charge in [-0.1, -0.05) is 24.4 Å². The van der Waals surface area contributed by atoms with E-state index in [0.29, 0.717) is 10.9 Å². The molecule has 3 N–H and O–H groups in total. The van der Waals surface area contributed by atoms with Gasteiger partial charge in [0.15, 0.2) is 0 Å². The maximum Gasteiger partial charge on any atom is 0.216 e. The second-order valence-electron chi connectivity index (χ2n) is 4.54. The molecule has 0 fully saturated rings. The molecule has 100 valence electrons. The van der Waals surface area contributed by atoms with E-state index in [-0.39, 0.29) is 6.04 Å². The molecule has 0 bridgehead atoms. The van der Waals surface area contributed by atoms with E-state index < -0.39 is 0 Å². The summed E-state index contributed by atoms with van der Waals surface area (Å²) in [5.41, 5.74) is 8.61. The molecule has 0 amide bonds. The quantitative estimate of drug-likeness (QED) is 0.839. The van der Waals surface area contributed by atoms with Crippen LogP contribution in [0, 0.1) is 13.8 Å². The SMILES string of the molecule is Cc1cnc(C(C)Nc2c(C)cccc2C(N)=S)o1. The van der Waals surface area contributed by atoms with Crippen molar-refractivity contribution in [1.82, 2.24) is 4.98 Å². The van der Waals surface area contributed by atoms with Gasteiger partial charge in [-0.3, -0.25) is 0 Å². The molecule has 0 spiro atoms. The number of nitrogens with zero attached hydrogens (tertiary/aromatic N) is 1. The summed E-state index contributed by atoms with van der Waals surface area (Å²) in [6.45, 7) is 5.87. The van der Waals surface area contributed by atoms with Gasteiger partial charge in [0.05, 0.1) is 6.20 Å². The maximum atomic E-state index is 5.75. The van der Waals surface area contributed by atoms with E-state index in [2.05, 4.69) is 10.3 Å². The second kappa shape index (κ2) is 5.40. The van der Waals surface area contributed by atoms with Gasteiger partial charge >= 0.3 is 0 Å². The second-order valence-corrected chi connectivity index (χ2v) is 4.98. The standard InChI is InChI=1S/C14H17N3OS/c1-8-5-4-6-11(13(15)19)12(8)17-10(3)14-16-7-9(2)18-14/h4-7,10,17H,1-3H3,(H2,15,19). The molecule has 0 saturated heterocycles. The van der Waals surface area contributed by atoms with Gasteiger partial charge in [0.2, 0.25) is 5.89 Å². The molecule has 19 heavy (non-hydrogen) atoms. The third kappa shape index (κ3) is 2.93. The highest BCUT2D eigenvalue weighted by Crippen LogP contribution is 2.25. The van der Waals surface area contributed by atoms with Crippen LogP contribution < -0.4 is 11.1 Å². The summed E-state index contributed by atoms with van der Waals surface area (Å²) in [5.74, 6) is 1.44. The smallest absolute Gasteiger partial charge is 0.216 e. The molecule has 4 nitrogen and oxygen atoms in total. The third-order valence-electron chi connectivity index (χ3n) is 2.91. The van der Waals surface area contributed by atoms with Crippen LogP contribution in [0.2, 0.25) is 0 Å². The molecule has 0 aliphatic carbocycles. The van der Waals surface area contributed by atoms with Gasteiger partial charge in [-0.2, -0.15) is 0 Å². The highest BCUT2D eigenvalue weighted by Gasteiger charge is 2.15. The number of anilines is 1. The van der Waals surface area contributed by atoms with E-state index in [9.17, 15) is 0 Å². The Hall–Kier alpha value is -1.88. The van der Waals surface area contributed by atoms with Gasteiger partial charge in [-0.25, -0.2) is 4.98 Å². The number of aryl methyl sites for hydroxylation is 2. The van der Waals surface area contributed by atoms with Gasteiger partial charge in [0.25, 0.3) is 0 Å². The van der Waals surface area contributed by atoms with E-state index in [4.69, 9.17) is 22.4 Å². The Morgan fingerprint density at radius 2 is 2.16 bits per heavy atom. The number of rotatable bonds is 4. The fraction of sp³-hybridized carbons (Fsp3) is 0.286. The van der Waals surface area contributed by atoms with Crippen LogP contribution in [0.15, 0.2) is 28.8 Å². The predicted molar refractivity (Wildman–Crippen MR) is 80.3 cm³/mol. The number of aromatic nitrogens is 1. The van der Waals surface area contributed by atoms with Gasteiger partial charge in [0.1, 0.15) is 16.8 Å². The Morgan fingerprint density at radius 3 is 2.74 bits per heavy atom. The van der Waals surface area contributed by atoms with E-state index in [0.717, 1.165) is 22.6 Å². The van der Waals surface area contributed by atoms with Gasteiger partial charge < -0.3 is 15.5 Å². The molecule has 0 aliphatic rings. The molecular weight excluding hydrogens is 258 g/mol. The monoisotopic (exact) mass is 275 g/mol. The summed E-state index contributed by atoms with van der Waals surface area (Å²) in [5, 5.41) is 3.37. The first-order valence-electron chi connectivity index (χ1n) is 6.07. The third-order valence-corrected chi connectivity index (χ3v) is 3.13. The molecule has 1 atom stereocenters. The molecule has 2 rings (SSSR count). The van der Waals surface area contributed by atoms with Gasteiger partial charge in [-0.15, -0.1) is 0 Å². The molecule has 0 radical (unpaired) electrons. The molecule has 5 heteroatoms. The van der Waals surface area contributed by atoms with E-state index in [1.54, 1.807) is 6.20 Å². The zero-order valence-corrected chi connectivity index (χ0v) is 12.0.